The zero-order valence-corrected chi connectivity index (χ0v) is 12.9. The van der Waals surface area contributed by atoms with Crippen molar-refractivity contribution < 1.29 is 19.1 Å². The third-order valence-corrected chi connectivity index (χ3v) is 2.52. The lowest BCUT2D eigenvalue weighted by atomic mass is 10.1. The summed E-state index contributed by atoms with van der Waals surface area (Å²) in [5.41, 5.74) is 1.07. The Balaban J connectivity index is 2.95. The Morgan fingerprint density at radius 1 is 1.00 bits per heavy atom. The molecule has 0 fully saturated rings. The molecule has 0 unspecified atom stereocenters. The largest absolute Gasteiger partial charge is 0.458 e. The number of hydrogen-bond acceptors (Lipinski definition) is 4. The maximum atomic E-state index is 12.0. The lowest BCUT2D eigenvalue weighted by Gasteiger charge is -2.10. The Bertz CT molecular complexity index is 560. The summed E-state index contributed by atoms with van der Waals surface area (Å²) in [5.74, 6) is -1.07. The van der Waals surface area contributed by atoms with Crippen molar-refractivity contribution in [2.24, 2.45) is 0 Å². The summed E-state index contributed by atoms with van der Waals surface area (Å²) < 4.78 is 5.10. The molecule has 1 rings (SSSR count). The van der Waals surface area contributed by atoms with Gasteiger partial charge in [-0.3, -0.25) is 9.59 Å². The minimum Gasteiger partial charge on any atom is -0.458 e. The number of carbonyl (C=O) groups excluding carboxylic acids is 3. The van der Waals surface area contributed by atoms with Gasteiger partial charge in [0.05, 0.1) is 5.56 Å². The first-order valence-corrected chi connectivity index (χ1v) is 6.94. The second kappa shape index (κ2) is 8.61. The summed E-state index contributed by atoms with van der Waals surface area (Å²) in [6.07, 6.45) is 4.51. The van der Waals surface area contributed by atoms with Gasteiger partial charge in [-0.2, -0.15) is 0 Å². The second-order valence-corrected chi connectivity index (χ2v) is 4.64. The summed E-state index contributed by atoms with van der Waals surface area (Å²) in [4.78, 5) is 34.3. The lowest BCUT2D eigenvalue weighted by molar-refractivity contribution is -0.115. The molecule has 0 saturated carbocycles. The normalized spacial score (nSPS) is 10.3. The molecule has 6 nitrogen and oxygen atoms in total. The van der Waals surface area contributed by atoms with Gasteiger partial charge in [-0.05, 0) is 24.6 Å². The van der Waals surface area contributed by atoms with Crippen molar-refractivity contribution in [3.8, 4) is 0 Å². The SMILES string of the molecule is CC/C=C/COC(=O)c1cc(NC(C)=O)cc(NC(C)=O)c1. The number of allylic oxidation sites excluding steroid dienone is 1. The van der Waals surface area contributed by atoms with Crippen molar-refractivity contribution in [2.75, 3.05) is 17.2 Å². The Kier molecular flexibility index (Phi) is 6.82. The Morgan fingerprint density at radius 3 is 2.00 bits per heavy atom. The molecule has 0 aliphatic heterocycles. The van der Waals surface area contributed by atoms with Crippen molar-refractivity contribution in [1.82, 2.24) is 0 Å². The highest BCUT2D eigenvalue weighted by Crippen LogP contribution is 2.20. The van der Waals surface area contributed by atoms with E-state index >= 15 is 0 Å². The third-order valence-electron chi connectivity index (χ3n) is 2.52. The van der Waals surface area contributed by atoms with Gasteiger partial charge in [0.1, 0.15) is 6.61 Å². The number of benzene rings is 1. The zero-order valence-electron chi connectivity index (χ0n) is 12.9. The second-order valence-electron chi connectivity index (χ2n) is 4.64. The third kappa shape index (κ3) is 6.21. The monoisotopic (exact) mass is 304 g/mol. The minimum absolute atomic E-state index is 0.173. The van der Waals surface area contributed by atoms with Crippen molar-refractivity contribution in [3.05, 3.63) is 35.9 Å². The number of ether oxygens (including phenoxy) is 1. The summed E-state index contributed by atoms with van der Waals surface area (Å²) in [5, 5.41) is 5.16. The highest BCUT2D eigenvalue weighted by atomic mass is 16.5. The molecular weight excluding hydrogens is 284 g/mol. The molecule has 0 bridgehead atoms. The maximum Gasteiger partial charge on any atom is 0.338 e. The Hall–Kier alpha value is -2.63. The molecule has 0 radical (unpaired) electrons. The molecule has 0 aliphatic carbocycles. The molecule has 2 amide bonds. The van der Waals surface area contributed by atoms with Gasteiger partial charge < -0.3 is 15.4 Å². The van der Waals surface area contributed by atoms with Crippen LogP contribution in [-0.2, 0) is 14.3 Å². The van der Waals surface area contributed by atoms with Gasteiger partial charge in [-0.15, -0.1) is 0 Å². The van der Waals surface area contributed by atoms with E-state index in [2.05, 4.69) is 10.6 Å². The fourth-order valence-electron chi connectivity index (χ4n) is 1.74. The number of carbonyl (C=O) groups is 3. The molecule has 1 aromatic carbocycles. The van der Waals surface area contributed by atoms with Crippen molar-refractivity contribution in [1.29, 1.82) is 0 Å². The summed E-state index contributed by atoms with van der Waals surface area (Å²) in [6, 6.07) is 4.56. The Morgan fingerprint density at radius 2 is 1.55 bits per heavy atom. The topological polar surface area (TPSA) is 84.5 Å². The van der Waals surface area contributed by atoms with Gasteiger partial charge in [-0.1, -0.05) is 19.1 Å². The van der Waals surface area contributed by atoms with E-state index < -0.39 is 5.97 Å². The van der Waals surface area contributed by atoms with Gasteiger partial charge in [0, 0.05) is 25.2 Å². The molecule has 118 valence electrons. The van der Waals surface area contributed by atoms with E-state index in [1.165, 1.54) is 26.0 Å². The van der Waals surface area contributed by atoms with Gasteiger partial charge >= 0.3 is 5.97 Å². The van der Waals surface area contributed by atoms with Crippen LogP contribution in [0.25, 0.3) is 0 Å². The van der Waals surface area contributed by atoms with Crippen LogP contribution in [0.4, 0.5) is 11.4 Å². The van der Waals surface area contributed by atoms with Crippen LogP contribution in [0.3, 0.4) is 0 Å². The summed E-state index contributed by atoms with van der Waals surface area (Å²) in [6.45, 7) is 4.87. The van der Waals surface area contributed by atoms with E-state index in [9.17, 15) is 14.4 Å². The number of amides is 2. The number of esters is 1. The predicted molar refractivity (Wildman–Crippen MR) is 84.8 cm³/mol. The van der Waals surface area contributed by atoms with Crippen LogP contribution < -0.4 is 10.6 Å². The molecule has 0 heterocycles. The highest BCUT2D eigenvalue weighted by Gasteiger charge is 2.11. The summed E-state index contributed by atoms with van der Waals surface area (Å²) >= 11 is 0. The van der Waals surface area contributed by atoms with Crippen LogP contribution in [0.5, 0.6) is 0 Å². The van der Waals surface area contributed by atoms with Gasteiger partial charge in [0.25, 0.3) is 0 Å². The molecular formula is C16H20N2O4. The van der Waals surface area contributed by atoms with Crippen molar-refractivity contribution >= 4 is 29.2 Å². The molecule has 0 aromatic heterocycles. The standard InChI is InChI=1S/C16H20N2O4/c1-4-5-6-7-22-16(21)13-8-14(17-11(2)19)10-15(9-13)18-12(3)20/h5-6,8-10H,4,7H2,1-3H3,(H,17,19)(H,18,20)/b6-5+. The van der Waals surface area contributed by atoms with E-state index in [4.69, 9.17) is 4.74 Å². The Labute approximate surface area is 129 Å². The molecule has 22 heavy (non-hydrogen) atoms. The molecule has 1 aromatic rings. The molecule has 0 aliphatic rings. The fourth-order valence-corrected chi connectivity index (χ4v) is 1.74. The smallest absolute Gasteiger partial charge is 0.338 e. The number of anilines is 2. The fraction of sp³-hybridized carbons (Fsp3) is 0.312. The highest BCUT2D eigenvalue weighted by molar-refractivity contribution is 5.97. The molecule has 0 saturated heterocycles. The van der Waals surface area contributed by atoms with E-state index in [1.54, 1.807) is 12.1 Å². The minimum atomic E-state index is -0.528. The molecule has 2 N–H and O–H groups in total. The van der Waals surface area contributed by atoms with Gasteiger partial charge in [0.2, 0.25) is 11.8 Å². The van der Waals surface area contributed by atoms with E-state index in [0.29, 0.717) is 11.4 Å². The quantitative estimate of drug-likeness (QED) is 0.625. The van der Waals surface area contributed by atoms with E-state index in [-0.39, 0.29) is 24.0 Å². The van der Waals surface area contributed by atoms with Gasteiger partial charge in [-0.25, -0.2) is 4.79 Å². The van der Waals surface area contributed by atoms with Crippen molar-refractivity contribution in [2.45, 2.75) is 27.2 Å². The van der Waals surface area contributed by atoms with Crippen LogP contribution in [-0.4, -0.2) is 24.4 Å². The van der Waals surface area contributed by atoms with Crippen LogP contribution in [0.1, 0.15) is 37.6 Å². The predicted octanol–water partition coefficient (Wildman–Crippen LogP) is 2.73. The maximum absolute atomic E-state index is 12.0. The first-order valence-electron chi connectivity index (χ1n) is 6.94. The van der Waals surface area contributed by atoms with Crippen molar-refractivity contribution in [3.63, 3.8) is 0 Å². The zero-order chi connectivity index (χ0) is 16.5. The molecule has 0 atom stereocenters. The number of nitrogens with one attached hydrogen (secondary N) is 2. The van der Waals surface area contributed by atoms with Gasteiger partial charge in [0.15, 0.2) is 0 Å². The first-order chi connectivity index (χ1) is 10.4. The number of rotatable bonds is 6. The van der Waals surface area contributed by atoms with Crippen LogP contribution in [0.2, 0.25) is 0 Å². The van der Waals surface area contributed by atoms with Crippen LogP contribution in [0.15, 0.2) is 30.4 Å². The first kappa shape index (κ1) is 17.4. The average Bonchev–Trinajstić information content (AvgIpc) is 2.41. The van der Waals surface area contributed by atoms with E-state index in [0.717, 1.165) is 6.42 Å². The lowest BCUT2D eigenvalue weighted by Crippen LogP contribution is -2.12. The summed E-state index contributed by atoms with van der Waals surface area (Å²) in [7, 11) is 0. The molecule has 0 spiro atoms. The van der Waals surface area contributed by atoms with Crippen LogP contribution in [0, 0.1) is 0 Å². The number of hydrogen-bond donors (Lipinski definition) is 2. The van der Waals surface area contributed by atoms with E-state index in [1.807, 2.05) is 13.0 Å². The average molecular weight is 304 g/mol. The van der Waals surface area contributed by atoms with Crippen LogP contribution >= 0.6 is 0 Å². The molecule has 6 heteroatoms.